The molecule has 0 aliphatic rings. The van der Waals surface area contributed by atoms with Crippen molar-refractivity contribution in [2.75, 3.05) is 6.54 Å². The minimum atomic E-state index is -0.549. The Morgan fingerprint density at radius 1 is 1.21 bits per heavy atom. The van der Waals surface area contributed by atoms with Crippen molar-refractivity contribution in [3.8, 4) is 17.1 Å². The number of aryl methyl sites for hydroxylation is 1. The predicted octanol–water partition coefficient (Wildman–Crippen LogP) is 3.16. The van der Waals surface area contributed by atoms with Crippen molar-refractivity contribution in [2.24, 2.45) is 0 Å². The number of amides is 3. The number of para-hydroxylation sites is 1. The van der Waals surface area contributed by atoms with E-state index in [1.807, 2.05) is 47.9 Å². The number of nitrogens with zero attached hydrogens (tertiary/aromatic N) is 3. The lowest BCUT2D eigenvalue weighted by Gasteiger charge is -2.13. The van der Waals surface area contributed by atoms with Gasteiger partial charge in [0.1, 0.15) is 5.76 Å². The zero-order chi connectivity index (χ0) is 20.1. The molecule has 0 radical (unpaired) electrons. The molecule has 28 heavy (non-hydrogen) atoms. The van der Waals surface area contributed by atoms with Crippen LogP contribution in [0.5, 0.6) is 0 Å². The molecule has 0 fully saturated rings. The van der Waals surface area contributed by atoms with Crippen molar-refractivity contribution in [3.63, 3.8) is 0 Å². The largest absolute Gasteiger partial charge is 0.469 e. The third kappa shape index (κ3) is 4.25. The highest BCUT2D eigenvalue weighted by Crippen LogP contribution is 2.31. The number of hydrogen-bond acceptors (Lipinski definition) is 6. The molecule has 0 spiro atoms. The van der Waals surface area contributed by atoms with Crippen LogP contribution in [0.25, 0.3) is 17.1 Å². The van der Waals surface area contributed by atoms with Gasteiger partial charge in [0.05, 0.1) is 17.1 Å². The Balaban J connectivity index is 1.91. The van der Waals surface area contributed by atoms with Crippen LogP contribution in [0, 0.1) is 6.92 Å². The van der Waals surface area contributed by atoms with Gasteiger partial charge in [0, 0.05) is 12.2 Å². The average Bonchev–Trinajstić information content (AvgIpc) is 3.28. The van der Waals surface area contributed by atoms with Crippen molar-refractivity contribution in [1.82, 2.24) is 25.4 Å². The number of nitrogens with one attached hydrogen (secondary N) is 2. The van der Waals surface area contributed by atoms with Crippen LogP contribution in [0.1, 0.15) is 19.6 Å². The van der Waals surface area contributed by atoms with Crippen molar-refractivity contribution in [2.45, 2.75) is 31.2 Å². The Bertz CT molecular complexity index is 967. The van der Waals surface area contributed by atoms with E-state index in [2.05, 4.69) is 20.8 Å². The molecular weight excluding hydrogens is 378 g/mol. The fourth-order valence-corrected chi connectivity index (χ4v) is 3.44. The fraction of sp³-hybridized carbons (Fsp3) is 0.263. The summed E-state index contributed by atoms with van der Waals surface area (Å²) in [4.78, 5) is 23.9. The summed E-state index contributed by atoms with van der Waals surface area (Å²) in [5.41, 5.74) is 1.68. The van der Waals surface area contributed by atoms with Gasteiger partial charge in [0.2, 0.25) is 5.91 Å². The summed E-state index contributed by atoms with van der Waals surface area (Å²) in [6, 6.07) is 10.9. The van der Waals surface area contributed by atoms with Gasteiger partial charge in [-0.25, -0.2) is 4.79 Å². The first-order valence-electron chi connectivity index (χ1n) is 8.82. The molecule has 0 aliphatic carbocycles. The monoisotopic (exact) mass is 399 g/mol. The summed E-state index contributed by atoms with van der Waals surface area (Å²) < 4.78 is 7.28. The smallest absolute Gasteiger partial charge is 0.321 e. The number of imide groups is 1. The molecule has 0 aliphatic heterocycles. The van der Waals surface area contributed by atoms with Gasteiger partial charge in [-0.1, -0.05) is 30.0 Å². The maximum atomic E-state index is 12.3. The first-order chi connectivity index (χ1) is 13.5. The van der Waals surface area contributed by atoms with Crippen LogP contribution in [-0.2, 0) is 4.79 Å². The number of rotatable bonds is 6. The van der Waals surface area contributed by atoms with Crippen LogP contribution in [-0.4, -0.2) is 38.5 Å². The van der Waals surface area contributed by atoms with E-state index >= 15 is 0 Å². The lowest BCUT2D eigenvalue weighted by atomic mass is 10.2. The molecule has 2 heterocycles. The van der Waals surface area contributed by atoms with E-state index < -0.39 is 17.2 Å². The van der Waals surface area contributed by atoms with Gasteiger partial charge < -0.3 is 9.73 Å². The number of hydrogen-bond donors (Lipinski definition) is 2. The molecule has 0 saturated heterocycles. The van der Waals surface area contributed by atoms with E-state index in [0.717, 1.165) is 17.0 Å². The average molecular weight is 399 g/mol. The highest BCUT2D eigenvalue weighted by atomic mass is 32.2. The number of urea groups is 1. The molecule has 8 nitrogen and oxygen atoms in total. The number of thioether (sulfide) groups is 1. The SMILES string of the molecule is CCNC(=O)NC(=O)C(C)Sc1nnc(-c2ccoc2C)n1-c1ccccc1. The normalized spacial score (nSPS) is 11.8. The van der Waals surface area contributed by atoms with Gasteiger partial charge in [-0.3, -0.25) is 14.7 Å². The zero-order valence-electron chi connectivity index (χ0n) is 15.8. The van der Waals surface area contributed by atoms with E-state index in [1.54, 1.807) is 20.1 Å². The summed E-state index contributed by atoms with van der Waals surface area (Å²) in [5, 5.41) is 13.5. The quantitative estimate of drug-likeness (QED) is 0.617. The van der Waals surface area contributed by atoms with Crippen LogP contribution in [0.2, 0.25) is 0 Å². The fourth-order valence-electron chi connectivity index (χ4n) is 2.58. The third-order valence-corrected chi connectivity index (χ3v) is 5.02. The minimum absolute atomic E-state index is 0.403. The Morgan fingerprint density at radius 3 is 2.61 bits per heavy atom. The molecular formula is C19H21N5O3S. The van der Waals surface area contributed by atoms with E-state index in [9.17, 15) is 9.59 Å². The van der Waals surface area contributed by atoms with Crippen LogP contribution in [0.3, 0.4) is 0 Å². The first kappa shape index (κ1) is 19.7. The van der Waals surface area contributed by atoms with Crippen LogP contribution >= 0.6 is 11.8 Å². The zero-order valence-corrected chi connectivity index (χ0v) is 16.6. The van der Waals surface area contributed by atoms with Crippen molar-refractivity contribution >= 4 is 23.7 Å². The van der Waals surface area contributed by atoms with Gasteiger partial charge in [-0.15, -0.1) is 10.2 Å². The molecule has 3 aromatic rings. The maximum absolute atomic E-state index is 12.3. The van der Waals surface area contributed by atoms with Crippen LogP contribution in [0.4, 0.5) is 4.79 Å². The first-order valence-corrected chi connectivity index (χ1v) is 9.69. The van der Waals surface area contributed by atoms with Crippen molar-refractivity contribution in [3.05, 3.63) is 48.4 Å². The number of carbonyl (C=O) groups is 2. The summed E-state index contributed by atoms with van der Waals surface area (Å²) in [6.07, 6.45) is 1.60. The summed E-state index contributed by atoms with van der Waals surface area (Å²) >= 11 is 1.22. The molecule has 3 rings (SSSR count). The lowest BCUT2D eigenvalue weighted by molar-refractivity contribution is -0.119. The Kier molecular flexibility index (Phi) is 6.15. The highest BCUT2D eigenvalue weighted by molar-refractivity contribution is 8.00. The van der Waals surface area contributed by atoms with Crippen molar-refractivity contribution in [1.29, 1.82) is 0 Å². The second kappa shape index (κ2) is 8.75. The Morgan fingerprint density at radius 2 is 1.96 bits per heavy atom. The number of aromatic nitrogens is 3. The predicted molar refractivity (Wildman–Crippen MR) is 106 cm³/mol. The van der Waals surface area contributed by atoms with E-state index in [-0.39, 0.29) is 0 Å². The molecule has 1 unspecified atom stereocenters. The molecule has 1 aromatic carbocycles. The number of carbonyl (C=O) groups excluding carboxylic acids is 2. The Hall–Kier alpha value is -3.07. The summed E-state index contributed by atoms with van der Waals surface area (Å²) in [5.74, 6) is 0.944. The number of furan rings is 1. The van der Waals surface area contributed by atoms with Gasteiger partial charge in [0.15, 0.2) is 11.0 Å². The third-order valence-electron chi connectivity index (χ3n) is 3.97. The second-order valence-electron chi connectivity index (χ2n) is 5.98. The van der Waals surface area contributed by atoms with E-state index in [4.69, 9.17) is 4.42 Å². The molecule has 2 N–H and O–H groups in total. The second-order valence-corrected chi connectivity index (χ2v) is 7.28. The molecule has 3 amide bonds. The number of benzene rings is 1. The minimum Gasteiger partial charge on any atom is -0.469 e. The van der Waals surface area contributed by atoms with Crippen molar-refractivity contribution < 1.29 is 14.0 Å². The molecule has 9 heteroatoms. The maximum Gasteiger partial charge on any atom is 0.321 e. The summed E-state index contributed by atoms with van der Waals surface area (Å²) in [7, 11) is 0. The standard InChI is InChI=1S/C19H21N5O3S/c1-4-20-18(26)21-17(25)13(3)28-19-23-22-16(15-10-11-27-12(15)2)24(19)14-8-6-5-7-9-14/h5-11,13H,4H2,1-3H3,(H2,20,21,25,26). The molecule has 0 saturated carbocycles. The van der Waals surface area contributed by atoms with Gasteiger partial charge in [0.25, 0.3) is 0 Å². The van der Waals surface area contributed by atoms with Gasteiger partial charge in [-0.2, -0.15) is 0 Å². The van der Waals surface area contributed by atoms with Gasteiger partial charge >= 0.3 is 6.03 Å². The topological polar surface area (TPSA) is 102 Å². The lowest BCUT2D eigenvalue weighted by Crippen LogP contribution is -2.42. The Labute approximate surface area is 166 Å². The van der Waals surface area contributed by atoms with Gasteiger partial charge in [-0.05, 0) is 39.0 Å². The molecule has 2 aromatic heterocycles. The highest BCUT2D eigenvalue weighted by Gasteiger charge is 2.23. The van der Waals surface area contributed by atoms with E-state index in [1.165, 1.54) is 11.8 Å². The molecule has 146 valence electrons. The van der Waals surface area contributed by atoms with Crippen LogP contribution in [0.15, 0.2) is 52.2 Å². The molecule has 0 bridgehead atoms. The summed E-state index contributed by atoms with van der Waals surface area (Å²) in [6.45, 7) is 5.79. The van der Waals surface area contributed by atoms with Crippen LogP contribution < -0.4 is 10.6 Å². The molecule has 1 atom stereocenters. The van der Waals surface area contributed by atoms with E-state index in [0.29, 0.717) is 17.5 Å².